The Balaban J connectivity index is 2.60. The molecule has 0 spiro atoms. The Bertz CT molecular complexity index is 359. The van der Waals surface area contributed by atoms with Crippen molar-refractivity contribution in [2.45, 2.75) is 33.0 Å². The first-order valence-corrected chi connectivity index (χ1v) is 8.86. The predicted molar refractivity (Wildman–Crippen MR) is 71.7 cm³/mol. The average molecular weight is 252 g/mol. The SMILES string of the molecule is CCOC(=O)C(C)Oc1ccc([SiH](C)C)cc1. The number of benzene rings is 1. The summed E-state index contributed by atoms with van der Waals surface area (Å²) in [5.41, 5.74) is 0. The van der Waals surface area contributed by atoms with Crippen LogP contribution in [-0.2, 0) is 9.53 Å². The Hall–Kier alpha value is -1.29. The molecule has 0 heterocycles. The molecule has 3 nitrogen and oxygen atoms in total. The van der Waals surface area contributed by atoms with E-state index in [1.165, 1.54) is 5.19 Å². The molecule has 0 aromatic heterocycles. The third kappa shape index (κ3) is 4.23. The minimum absolute atomic E-state index is 0.324. The monoisotopic (exact) mass is 252 g/mol. The van der Waals surface area contributed by atoms with Crippen molar-refractivity contribution in [3.8, 4) is 5.75 Å². The van der Waals surface area contributed by atoms with Crippen LogP contribution in [0.15, 0.2) is 24.3 Å². The van der Waals surface area contributed by atoms with Crippen LogP contribution in [0.5, 0.6) is 5.75 Å². The highest BCUT2D eigenvalue weighted by atomic mass is 28.3. The summed E-state index contributed by atoms with van der Waals surface area (Å²) in [6.07, 6.45) is -0.558. The summed E-state index contributed by atoms with van der Waals surface area (Å²) >= 11 is 0. The van der Waals surface area contributed by atoms with E-state index in [1.807, 2.05) is 12.1 Å². The predicted octanol–water partition coefficient (Wildman–Crippen LogP) is 1.71. The number of esters is 1. The average Bonchev–Trinajstić information content (AvgIpc) is 2.30. The van der Waals surface area contributed by atoms with Gasteiger partial charge in [0.1, 0.15) is 5.75 Å². The highest BCUT2D eigenvalue weighted by Crippen LogP contribution is 2.11. The summed E-state index contributed by atoms with van der Waals surface area (Å²) in [6, 6.07) is 7.98. The maximum absolute atomic E-state index is 11.4. The van der Waals surface area contributed by atoms with E-state index in [2.05, 4.69) is 25.2 Å². The van der Waals surface area contributed by atoms with Crippen LogP contribution in [0.25, 0.3) is 0 Å². The van der Waals surface area contributed by atoms with Crippen molar-refractivity contribution < 1.29 is 14.3 Å². The molecular weight excluding hydrogens is 232 g/mol. The molecule has 1 aromatic rings. The first-order valence-electron chi connectivity index (χ1n) is 5.97. The Labute approximate surface area is 104 Å². The molecule has 0 saturated heterocycles. The van der Waals surface area contributed by atoms with Crippen LogP contribution in [0, 0.1) is 0 Å². The quantitative estimate of drug-likeness (QED) is 0.591. The van der Waals surface area contributed by atoms with Crippen LogP contribution in [0.2, 0.25) is 13.1 Å². The van der Waals surface area contributed by atoms with E-state index in [9.17, 15) is 4.79 Å². The van der Waals surface area contributed by atoms with Gasteiger partial charge in [0.05, 0.1) is 15.4 Å². The second kappa shape index (κ2) is 6.44. The van der Waals surface area contributed by atoms with E-state index in [1.54, 1.807) is 13.8 Å². The summed E-state index contributed by atoms with van der Waals surface area (Å²) in [5.74, 6) is 0.388. The first kappa shape index (κ1) is 13.8. The summed E-state index contributed by atoms with van der Waals surface area (Å²) in [4.78, 5) is 11.4. The van der Waals surface area contributed by atoms with Crippen molar-refractivity contribution in [3.63, 3.8) is 0 Å². The molecule has 4 heteroatoms. The Morgan fingerprint density at radius 3 is 2.35 bits per heavy atom. The van der Waals surface area contributed by atoms with E-state index in [4.69, 9.17) is 9.47 Å². The lowest BCUT2D eigenvalue weighted by molar-refractivity contribution is -0.150. The van der Waals surface area contributed by atoms with Crippen LogP contribution >= 0.6 is 0 Å². The van der Waals surface area contributed by atoms with Crippen molar-refractivity contribution >= 4 is 20.0 Å². The zero-order valence-corrected chi connectivity index (χ0v) is 12.1. The molecule has 0 saturated carbocycles. The van der Waals surface area contributed by atoms with E-state index in [0.717, 1.165) is 0 Å². The van der Waals surface area contributed by atoms with Crippen molar-refractivity contribution in [1.82, 2.24) is 0 Å². The molecule has 0 aliphatic heterocycles. The largest absolute Gasteiger partial charge is 0.479 e. The second-order valence-corrected chi connectivity index (χ2v) is 7.21. The minimum atomic E-state index is -0.763. The van der Waals surface area contributed by atoms with Gasteiger partial charge in [-0.25, -0.2) is 4.79 Å². The van der Waals surface area contributed by atoms with Gasteiger partial charge in [-0.1, -0.05) is 30.4 Å². The van der Waals surface area contributed by atoms with Gasteiger partial charge in [0.25, 0.3) is 0 Å². The summed E-state index contributed by atoms with van der Waals surface area (Å²) in [5, 5.41) is 1.39. The molecule has 0 aliphatic rings. The molecule has 0 amide bonds. The van der Waals surface area contributed by atoms with Gasteiger partial charge in [-0.2, -0.15) is 0 Å². The van der Waals surface area contributed by atoms with E-state index < -0.39 is 14.9 Å². The van der Waals surface area contributed by atoms with E-state index in [-0.39, 0.29) is 5.97 Å². The number of hydrogen-bond acceptors (Lipinski definition) is 3. The van der Waals surface area contributed by atoms with Gasteiger partial charge in [0.15, 0.2) is 6.10 Å². The minimum Gasteiger partial charge on any atom is -0.479 e. The van der Waals surface area contributed by atoms with Gasteiger partial charge in [0, 0.05) is 0 Å². The molecule has 0 N–H and O–H groups in total. The van der Waals surface area contributed by atoms with E-state index >= 15 is 0 Å². The number of carbonyl (C=O) groups is 1. The fourth-order valence-corrected chi connectivity index (χ4v) is 2.41. The molecule has 0 aliphatic carbocycles. The summed E-state index contributed by atoms with van der Waals surface area (Å²) in [7, 11) is -0.763. The van der Waals surface area contributed by atoms with Gasteiger partial charge in [0.2, 0.25) is 0 Å². The molecule has 0 radical (unpaired) electrons. The molecule has 1 atom stereocenters. The zero-order valence-electron chi connectivity index (χ0n) is 10.9. The number of rotatable bonds is 5. The van der Waals surface area contributed by atoms with Gasteiger partial charge >= 0.3 is 5.97 Å². The Morgan fingerprint density at radius 1 is 1.29 bits per heavy atom. The van der Waals surface area contributed by atoms with Crippen molar-refractivity contribution in [3.05, 3.63) is 24.3 Å². The summed E-state index contributed by atoms with van der Waals surface area (Å²) < 4.78 is 10.4. The zero-order chi connectivity index (χ0) is 12.8. The molecule has 1 unspecified atom stereocenters. The fraction of sp³-hybridized carbons (Fsp3) is 0.462. The number of carbonyl (C=O) groups excluding carboxylic acids is 1. The van der Waals surface area contributed by atoms with Crippen LogP contribution in [0.3, 0.4) is 0 Å². The topological polar surface area (TPSA) is 35.5 Å². The number of hydrogen-bond donors (Lipinski definition) is 0. The second-order valence-electron chi connectivity index (χ2n) is 4.24. The molecule has 0 fully saturated rings. The lowest BCUT2D eigenvalue weighted by Crippen LogP contribution is -2.26. The highest BCUT2D eigenvalue weighted by molar-refractivity contribution is 6.70. The number of ether oxygens (including phenoxy) is 2. The third-order valence-electron chi connectivity index (χ3n) is 2.48. The lowest BCUT2D eigenvalue weighted by Gasteiger charge is -2.14. The Morgan fingerprint density at radius 2 is 1.88 bits per heavy atom. The highest BCUT2D eigenvalue weighted by Gasteiger charge is 2.15. The van der Waals surface area contributed by atoms with Crippen molar-refractivity contribution in [1.29, 1.82) is 0 Å². The maximum Gasteiger partial charge on any atom is 0.347 e. The van der Waals surface area contributed by atoms with Crippen molar-refractivity contribution in [2.75, 3.05) is 6.61 Å². The smallest absolute Gasteiger partial charge is 0.347 e. The molecule has 1 rings (SSSR count). The van der Waals surface area contributed by atoms with Crippen LogP contribution in [0.4, 0.5) is 0 Å². The fourth-order valence-electron chi connectivity index (χ4n) is 1.44. The molecular formula is C13H20O3Si. The third-order valence-corrected chi connectivity index (χ3v) is 4.20. The molecule has 17 heavy (non-hydrogen) atoms. The summed E-state index contributed by atoms with van der Waals surface area (Å²) in [6.45, 7) is 8.41. The molecule has 1 aromatic carbocycles. The first-order chi connectivity index (χ1) is 8.04. The van der Waals surface area contributed by atoms with Gasteiger partial charge in [-0.3, -0.25) is 0 Å². The van der Waals surface area contributed by atoms with Crippen LogP contribution in [-0.4, -0.2) is 27.5 Å². The standard InChI is InChI=1S/C13H20O3Si/c1-5-15-13(14)10(2)16-11-6-8-12(9-7-11)17(3)4/h6-10,17H,5H2,1-4H3. The van der Waals surface area contributed by atoms with Gasteiger partial charge < -0.3 is 9.47 Å². The van der Waals surface area contributed by atoms with Gasteiger partial charge in [-0.05, 0) is 26.0 Å². The molecule has 0 bridgehead atoms. The lowest BCUT2D eigenvalue weighted by atomic mass is 10.3. The normalized spacial score (nSPS) is 12.3. The van der Waals surface area contributed by atoms with Crippen molar-refractivity contribution in [2.24, 2.45) is 0 Å². The van der Waals surface area contributed by atoms with Crippen LogP contribution < -0.4 is 9.92 Å². The maximum atomic E-state index is 11.4. The van der Waals surface area contributed by atoms with Gasteiger partial charge in [-0.15, -0.1) is 0 Å². The Kier molecular flexibility index (Phi) is 5.22. The van der Waals surface area contributed by atoms with Crippen LogP contribution in [0.1, 0.15) is 13.8 Å². The molecule has 94 valence electrons. The van der Waals surface area contributed by atoms with E-state index in [0.29, 0.717) is 12.4 Å².